The van der Waals surface area contributed by atoms with Gasteiger partial charge in [-0.2, -0.15) is 0 Å². The predicted octanol–water partition coefficient (Wildman–Crippen LogP) is -0.277. The van der Waals surface area contributed by atoms with E-state index in [1.807, 2.05) is 13.8 Å². The standard InChI is InChI=1S/C13H25NO5S/c1-6-14(8-7-9-20(16,17)18)11(4)12(5)19-13(15)10(2)3/h11-12H,2,6-9H2,1,3-5H3,(H,16,17,18). The maximum Gasteiger partial charge on any atom is 0.333 e. The van der Waals surface area contributed by atoms with Crippen LogP contribution < -0.4 is 4.90 Å². The van der Waals surface area contributed by atoms with Gasteiger partial charge >= 0.3 is 5.97 Å². The van der Waals surface area contributed by atoms with Crippen LogP contribution in [-0.2, 0) is 19.6 Å². The van der Waals surface area contributed by atoms with Crippen molar-refractivity contribution in [2.24, 2.45) is 0 Å². The van der Waals surface area contributed by atoms with Crippen molar-refractivity contribution in [1.29, 1.82) is 0 Å². The second kappa shape index (κ2) is 8.39. The summed E-state index contributed by atoms with van der Waals surface area (Å²) >= 11 is 0. The Morgan fingerprint density at radius 1 is 1.40 bits per heavy atom. The van der Waals surface area contributed by atoms with Gasteiger partial charge in [0.25, 0.3) is 0 Å². The largest absolute Gasteiger partial charge is 0.748 e. The molecule has 0 heterocycles. The number of carbonyl (C=O) groups excluding carboxylic acids is 1. The zero-order valence-electron chi connectivity index (χ0n) is 12.6. The van der Waals surface area contributed by atoms with Crippen molar-refractivity contribution < 1.29 is 27.4 Å². The Balaban J connectivity index is 4.41. The van der Waals surface area contributed by atoms with E-state index in [0.29, 0.717) is 18.5 Å². The third-order valence-corrected chi connectivity index (χ3v) is 4.12. The molecular formula is C13H25NO5S. The van der Waals surface area contributed by atoms with Crippen molar-refractivity contribution in [3.8, 4) is 0 Å². The molecule has 0 saturated carbocycles. The molecule has 0 saturated heterocycles. The van der Waals surface area contributed by atoms with Crippen molar-refractivity contribution in [3.05, 3.63) is 12.2 Å². The fraction of sp³-hybridized carbons (Fsp3) is 0.769. The number of likely N-dealkylation sites (N-methyl/N-ethyl adjacent to an activating group) is 1. The first-order valence-corrected chi connectivity index (χ1v) is 8.30. The molecule has 0 amide bonds. The fourth-order valence-electron chi connectivity index (χ4n) is 1.91. The normalized spacial score (nSPS) is 16.2. The highest BCUT2D eigenvalue weighted by Crippen LogP contribution is 2.01. The van der Waals surface area contributed by atoms with E-state index in [9.17, 15) is 17.8 Å². The van der Waals surface area contributed by atoms with E-state index >= 15 is 0 Å². The molecule has 0 spiro atoms. The van der Waals surface area contributed by atoms with Gasteiger partial charge < -0.3 is 14.2 Å². The van der Waals surface area contributed by atoms with E-state index in [2.05, 4.69) is 6.58 Å². The number of esters is 1. The number of quaternary nitrogens is 1. The second-order valence-electron chi connectivity index (χ2n) is 5.06. The number of rotatable bonds is 9. The lowest BCUT2D eigenvalue weighted by molar-refractivity contribution is -0.925. The van der Waals surface area contributed by atoms with Crippen LogP contribution in [0.3, 0.4) is 0 Å². The highest BCUT2D eigenvalue weighted by atomic mass is 32.2. The average Bonchev–Trinajstić information content (AvgIpc) is 2.32. The minimum absolute atomic E-state index is 0.0117. The minimum Gasteiger partial charge on any atom is -0.748 e. The molecule has 0 bridgehead atoms. The van der Waals surface area contributed by atoms with Crippen LogP contribution in [0.1, 0.15) is 34.1 Å². The Morgan fingerprint density at radius 3 is 2.35 bits per heavy atom. The van der Waals surface area contributed by atoms with Gasteiger partial charge in [-0.1, -0.05) is 6.58 Å². The van der Waals surface area contributed by atoms with Crippen LogP contribution in [0, 0.1) is 0 Å². The number of hydrogen-bond acceptors (Lipinski definition) is 5. The highest BCUT2D eigenvalue weighted by molar-refractivity contribution is 7.85. The first-order chi connectivity index (χ1) is 9.08. The zero-order chi connectivity index (χ0) is 15.9. The van der Waals surface area contributed by atoms with E-state index in [0.717, 1.165) is 11.4 Å². The van der Waals surface area contributed by atoms with Crippen LogP contribution in [0.2, 0.25) is 0 Å². The minimum atomic E-state index is -4.16. The predicted molar refractivity (Wildman–Crippen MR) is 75.4 cm³/mol. The summed E-state index contributed by atoms with van der Waals surface area (Å²) in [4.78, 5) is 12.6. The molecule has 118 valence electrons. The lowest BCUT2D eigenvalue weighted by atomic mass is 10.1. The van der Waals surface area contributed by atoms with Gasteiger partial charge in [-0.3, -0.25) is 0 Å². The van der Waals surface area contributed by atoms with E-state index in [1.165, 1.54) is 0 Å². The first kappa shape index (κ1) is 19.1. The number of hydrogen-bond donors (Lipinski definition) is 1. The molecule has 0 aromatic rings. The maximum atomic E-state index is 11.5. The Bertz CT molecular complexity index is 432. The van der Waals surface area contributed by atoms with Crippen molar-refractivity contribution in [2.75, 3.05) is 18.8 Å². The van der Waals surface area contributed by atoms with Crippen LogP contribution >= 0.6 is 0 Å². The highest BCUT2D eigenvalue weighted by Gasteiger charge is 2.25. The molecule has 20 heavy (non-hydrogen) atoms. The molecule has 3 atom stereocenters. The molecular weight excluding hydrogens is 282 g/mol. The van der Waals surface area contributed by atoms with Crippen molar-refractivity contribution in [3.63, 3.8) is 0 Å². The third kappa shape index (κ3) is 7.62. The number of carbonyl (C=O) groups is 1. The van der Waals surface area contributed by atoms with E-state index in [-0.39, 0.29) is 17.9 Å². The Hall–Kier alpha value is -0.920. The summed E-state index contributed by atoms with van der Waals surface area (Å²) in [6, 6.07) is 0.0117. The molecule has 0 aromatic carbocycles. The van der Waals surface area contributed by atoms with Gasteiger partial charge in [0.05, 0.1) is 23.2 Å². The topological polar surface area (TPSA) is 87.9 Å². The van der Waals surface area contributed by atoms with Crippen LogP contribution in [0.25, 0.3) is 0 Å². The molecule has 0 fully saturated rings. The molecule has 3 unspecified atom stereocenters. The fourth-order valence-corrected chi connectivity index (χ4v) is 2.40. The molecule has 0 aromatic heterocycles. The summed E-state index contributed by atoms with van der Waals surface area (Å²) in [5.41, 5.74) is 0.347. The van der Waals surface area contributed by atoms with Gasteiger partial charge in [0.2, 0.25) is 0 Å². The van der Waals surface area contributed by atoms with E-state index < -0.39 is 16.1 Å². The molecule has 0 aliphatic carbocycles. The second-order valence-corrected chi connectivity index (χ2v) is 6.58. The lowest BCUT2D eigenvalue weighted by Gasteiger charge is -2.29. The number of ether oxygens (including phenoxy) is 1. The summed E-state index contributed by atoms with van der Waals surface area (Å²) in [7, 11) is -4.16. The number of nitrogens with one attached hydrogen (secondary N) is 1. The van der Waals surface area contributed by atoms with E-state index in [4.69, 9.17) is 4.74 Å². The quantitative estimate of drug-likeness (QED) is 0.360. The van der Waals surface area contributed by atoms with Gasteiger partial charge in [0.15, 0.2) is 6.10 Å². The molecule has 7 heteroatoms. The maximum absolute atomic E-state index is 11.5. The third-order valence-electron chi connectivity index (χ3n) is 3.34. The summed E-state index contributed by atoms with van der Waals surface area (Å²) in [6.07, 6.45) is -0.00135. The molecule has 0 rings (SSSR count). The monoisotopic (exact) mass is 307 g/mol. The first-order valence-electron chi connectivity index (χ1n) is 6.73. The summed E-state index contributed by atoms with van der Waals surface area (Å²) in [6.45, 7) is 12.1. The van der Waals surface area contributed by atoms with E-state index in [1.54, 1.807) is 13.8 Å². The summed E-state index contributed by atoms with van der Waals surface area (Å²) < 4.78 is 37.0. The van der Waals surface area contributed by atoms with Gasteiger partial charge in [-0.25, -0.2) is 13.2 Å². The molecule has 0 radical (unpaired) electrons. The Kier molecular flexibility index (Phi) is 8.00. The SMILES string of the molecule is C=C(C)C(=O)OC(C)C(C)[NH+](CC)CCCS(=O)(=O)[O-]. The van der Waals surface area contributed by atoms with Gasteiger partial charge in [-0.15, -0.1) is 0 Å². The van der Waals surface area contributed by atoms with Gasteiger partial charge in [-0.05, 0) is 27.7 Å². The molecule has 6 nitrogen and oxygen atoms in total. The Labute approximate surface area is 121 Å². The van der Waals surface area contributed by atoms with Gasteiger partial charge in [0.1, 0.15) is 6.04 Å². The van der Waals surface area contributed by atoms with Crippen LogP contribution in [0.5, 0.6) is 0 Å². The van der Waals surface area contributed by atoms with Crippen LogP contribution in [0.15, 0.2) is 12.2 Å². The zero-order valence-corrected chi connectivity index (χ0v) is 13.5. The summed E-state index contributed by atoms with van der Waals surface area (Å²) in [5.74, 6) is -0.787. The summed E-state index contributed by atoms with van der Waals surface area (Å²) in [5, 5.41) is 0. The molecule has 0 aliphatic rings. The molecule has 1 N–H and O–H groups in total. The van der Waals surface area contributed by atoms with Gasteiger partial charge in [0, 0.05) is 17.7 Å². The lowest BCUT2D eigenvalue weighted by Crippen LogP contribution is -3.16. The van der Waals surface area contributed by atoms with Crippen LogP contribution in [0.4, 0.5) is 0 Å². The van der Waals surface area contributed by atoms with Crippen molar-refractivity contribution >= 4 is 16.1 Å². The Morgan fingerprint density at radius 2 is 1.95 bits per heavy atom. The average molecular weight is 307 g/mol. The molecule has 0 aliphatic heterocycles. The van der Waals surface area contributed by atoms with Crippen LogP contribution in [-0.4, -0.2) is 49.9 Å². The van der Waals surface area contributed by atoms with Crippen molar-refractivity contribution in [1.82, 2.24) is 0 Å². The van der Waals surface area contributed by atoms with Crippen molar-refractivity contribution in [2.45, 2.75) is 46.3 Å². The smallest absolute Gasteiger partial charge is 0.333 e.